The fourth-order valence-corrected chi connectivity index (χ4v) is 3.15. The Morgan fingerprint density at radius 1 is 1.43 bits per heavy atom. The molecule has 3 rings (SSSR count). The van der Waals surface area contributed by atoms with Gasteiger partial charge in [-0.1, -0.05) is 0 Å². The number of nitrogens with zero attached hydrogens (tertiary/aromatic N) is 3. The van der Waals surface area contributed by atoms with E-state index in [0.717, 1.165) is 30.5 Å². The third-order valence-corrected chi connectivity index (χ3v) is 3.95. The molecule has 0 aliphatic carbocycles. The molecule has 1 fully saturated rings. The molecule has 2 aliphatic rings. The number of nitrogens with two attached hydrogens (primary N) is 1. The Morgan fingerprint density at radius 3 is 2.86 bits per heavy atom. The molecule has 2 atom stereocenters. The Morgan fingerprint density at radius 2 is 2.19 bits per heavy atom. The van der Waals surface area contributed by atoms with E-state index in [1.807, 2.05) is 31.7 Å². The summed E-state index contributed by atoms with van der Waals surface area (Å²) in [5.41, 5.74) is 4.01. The molecule has 0 spiro atoms. The van der Waals surface area contributed by atoms with Gasteiger partial charge in [0.05, 0.1) is 11.7 Å². The monoisotopic (exact) mass is 291 g/mol. The molecule has 3 heterocycles. The molecule has 21 heavy (non-hydrogen) atoms. The van der Waals surface area contributed by atoms with Crippen LogP contribution in [0.3, 0.4) is 0 Å². The number of ether oxygens (including phenoxy) is 1. The summed E-state index contributed by atoms with van der Waals surface area (Å²) in [6.07, 6.45) is 2.36. The Hall–Kier alpha value is -1.89. The summed E-state index contributed by atoms with van der Waals surface area (Å²) in [6.45, 7) is 5.64. The number of hydrazine groups is 1. The van der Waals surface area contributed by atoms with Crippen molar-refractivity contribution >= 4 is 11.9 Å². The topological polar surface area (TPSA) is 93.4 Å². The van der Waals surface area contributed by atoms with Gasteiger partial charge in [-0.15, -0.1) is 5.10 Å². The van der Waals surface area contributed by atoms with Crippen molar-refractivity contribution in [3.63, 3.8) is 0 Å². The summed E-state index contributed by atoms with van der Waals surface area (Å²) in [6, 6.07) is 2.05. The number of nitrogens with one attached hydrogen (secondary N) is 1. The van der Waals surface area contributed by atoms with Crippen LogP contribution in [0, 0.1) is 0 Å². The second kappa shape index (κ2) is 4.84. The number of anilines is 1. The molecule has 7 heteroatoms. The smallest absolute Gasteiger partial charge is 0.411 e. The van der Waals surface area contributed by atoms with Crippen molar-refractivity contribution in [2.45, 2.75) is 57.7 Å². The lowest BCUT2D eigenvalue weighted by atomic mass is 9.99. The number of rotatable bonds is 1. The molecule has 7 nitrogen and oxygen atoms in total. The van der Waals surface area contributed by atoms with E-state index in [1.54, 1.807) is 0 Å². The fourth-order valence-electron chi connectivity index (χ4n) is 3.15. The normalized spacial score (nSPS) is 23.7. The Kier molecular flexibility index (Phi) is 3.24. The van der Waals surface area contributed by atoms with Crippen molar-refractivity contribution in [3.8, 4) is 0 Å². The molecule has 0 aromatic carbocycles. The maximum atomic E-state index is 12.5. The first-order chi connectivity index (χ1) is 9.89. The zero-order valence-electron chi connectivity index (χ0n) is 12.6. The van der Waals surface area contributed by atoms with Crippen LogP contribution in [0.25, 0.3) is 0 Å². The minimum atomic E-state index is -0.489. The van der Waals surface area contributed by atoms with Crippen LogP contribution < -0.4 is 11.3 Å². The van der Waals surface area contributed by atoms with Crippen LogP contribution in [0.4, 0.5) is 10.6 Å². The molecule has 2 aliphatic heterocycles. The molecule has 114 valence electrons. The average Bonchev–Trinajstić information content (AvgIpc) is 2.73. The summed E-state index contributed by atoms with van der Waals surface area (Å²) in [5.74, 6) is 5.92. The predicted octanol–water partition coefficient (Wildman–Crippen LogP) is 1.76. The van der Waals surface area contributed by atoms with Gasteiger partial charge in [0.25, 0.3) is 0 Å². The molecule has 1 amide bonds. The summed E-state index contributed by atoms with van der Waals surface area (Å²) >= 11 is 0. The van der Waals surface area contributed by atoms with E-state index in [9.17, 15) is 4.79 Å². The van der Waals surface area contributed by atoms with Crippen LogP contribution in [0.2, 0.25) is 0 Å². The van der Waals surface area contributed by atoms with Crippen molar-refractivity contribution in [3.05, 3.63) is 17.3 Å². The van der Waals surface area contributed by atoms with Gasteiger partial charge >= 0.3 is 6.09 Å². The average molecular weight is 291 g/mol. The molecule has 1 saturated heterocycles. The third-order valence-electron chi connectivity index (χ3n) is 3.95. The lowest BCUT2D eigenvalue weighted by molar-refractivity contribution is 0.0122. The van der Waals surface area contributed by atoms with E-state index in [1.165, 1.54) is 0 Å². The van der Waals surface area contributed by atoms with Gasteiger partial charge in [0.2, 0.25) is 0 Å². The van der Waals surface area contributed by atoms with E-state index in [-0.39, 0.29) is 18.2 Å². The molecule has 2 bridgehead atoms. The Bertz CT molecular complexity index is 569. The van der Waals surface area contributed by atoms with Crippen LogP contribution in [-0.4, -0.2) is 32.8 Å². The van der Waals surface area contributed by atoms with Crippen molar-refractivity contribution in [1.82, 2.24) is 15.1 Å². The molecular weight excluding hydrogens is 270 g/mol. The minimum absolute atomic E-state index is 0.0104. The Labute approximate surface area is 123 Å². The van der Waals surface area contributed by atoms with Gasteiger partial charge in [-0.3, -0.25) is 4.90 Å². The van der Waals surface area contributed by atoms with Gasteiger partial charge in [-0.2, -0.15) is 5.10 Å². The SMILES string of the molecule is CC(C)(C)OC(=O)N1C2CCC1c1cc(NN)nnc1C2. The van der Waals surface area contributed by atoms with Gasteiger partial charge in [0.1, 0.15) is 5.60 Å². The second-order valence-electron chi connectivity index (χ2n) is 6.61. The third kappa shape index (κ3) is 2.53. The first-order valence-corrected chi connectivity index (χ1v) is 7.23. The summed E-state index contributed by atoms with van der Waals surface area (Å²) in [4.78, 5) is 14.3. The number of fused-ring (bicyclic) bond motifs is 4. The quantitative estimate of drug-likeness (QED) is 0.605. The molecule has 0 saturated carbocycles. The number of hydrogen-bond acceptors (Lipinski definition) is 6. The predicted molar refractivity (Wildman–Crippen MR) is 77.4 cm³/mol. The van der Waals surface area contributed by atoms with Gasteiger partial charge in [0.15, 0.2) is 5.82 Å². The number of aromatic nitrogens is 2. The van der Waals surface area contributed by atoms with Crippen LogP contribution in [-0.2, 0) is 11.2 Å². The lowest BCUT2D eigenvalue weighted by Crippen LogP contribution is -2.44. The summed E-state index contributed by atoms with van der Waals surface area (Å²) in [5, 5.41) is 8.24. The van der Waals surface area contributed by atoms with E-state index in [2.05, 4.69) is 15.6 Å². The van der Waals surface area contributed by atoms with Crippen molar-refractivity contribution in [2.24, 2.45) is 5.84 Å². The molecular formula is C14H21N5O2. The first kappa shape index (κ1) is 14.1. The number of carbonyl (C=O) groups is 1. The highest BCUT2D eigenvalue weighted by molar-refractivity contribution is 5.70. The second-order valence-corrected chi connectivity index (χ2v) is 6.61. The van der Waals surface area contributed by atoms with Crippen molar-refractivity contribution < 1.29 is 9.53 Å². The highest BCUT2D eigenvalue weighted by atomic mass is 16.6. The molecule has 1 aromatic rings. The van der Waals surface area contributed by atoms with Crippen LogP contribution in [0.5, 0.6) is 0 Å². The number of carbonyl (C=O) groups excluding carboxylic acids is 1. The standard InChI is InChI=1S/C14H21N5O2/c1-14(2,3)21-13(20)19-8-4-5-11(19)9-7-12(16-15)18-17-10(9)6-8/h7-8,11H,4-6,15H2,1-3H3,(H,16,18). The zero-order chi connectivity index (χ0) is 15.2. The number of hydrogen-bond donors (Lipinski definition) is 2. The van der Waals surface area contributed by atoms with Crippen LogP contribution >= 0.6 is 0 Å². The largest absolute Gasteiger partial charge is 0.444 e. The van der Waals surface area contributed by atoms with E-state index >= 15 is 0 Å². The van der Waals surface area contributed by atoms with E-state index < -0.39 is 5.60 Å². The summed E-state index contributed by atoms with van der Waals surface area (Å²) in [7, 11) is 0. The molecule has 3 N–H and O–H groups in total. The van der Waals surface area contributed by atoms with Crippen molar-refractivity contribution in [2.75, 3.05) is 5.43 Å². The Balaban J connectivity index is 1.90. The minimum Gasteiger partial charge on any atom is -0.444 e. The molecule has 0 radical (unpaired) electrons. The highest BCUT2D eigenvalue weighted by Gasteiger charge is 2.45. The maximum absolute atomic E-state index is 12.5. The van der Waals surface area contributed by atoms with Gasteiger partial charge in [-0.25, -0.2) is 10.6 Å². The van der Waals surface area contributed by atoms with Gasteiger partial charge in [0, 0.05) is 18.0 Å². The maximum Gasteiger partial charge on any atom is 0.411 e. The molecule has 1 aromatic heterocycles. The first-order valence-electron chi connectivity index (χ1n) is 7.23. The van der Waals surface area contributed by atoms with Crippen LogP contribution in [0.1, 0.15) is 50.9 Å². The van der Waals surface area contributed by atoms with E-state index in [4.69, 9.17) is 10.6 Å². The highest BCUT2D eigenvalue weighted by Crippen LogP contribution is 2.44. The summed E-state index contributed by atoms with van der Waals surface area (Å²) < 4.78 is 5.54. The number of amides is 1. The van der Waals surface area contributed by atoms with E-state index in [0.29, 0.717) is 5.82 Å². The van der Waals surface area contributed by atoms with Crippen molar-refractivity contribution in [1.29, 1.82) is 0 Å². The van der Waals surface area contributed by atoms with Gasteiger partial charge in [-0.05, 0) is 39.7 Å². The number of nitrogen functional groups attached to an aromatic ring is 1. The van der Waals surface area contributed by atoms with Gasteiger partial charge < -0.3 is 10.2 Å². The fraction of sp³-hybridized carbons (Fsp3) is 0.643. The molecule has 2 unspecified atom stereocenters. The van der Waals surface area contributed by atoms with Crippen LogP contribution in [0.15, 0.2) is 6.07 Å². The lowest BCUT2D eigenvalue weighted by Gasteiger charge is -2.36. The zero-order valence-corrected chi connectivity index (χ0v) is 12.6.